The summed E-state index contributed by atoms with van der Waals surface area (Å²) in [7, 11) is 0. The molecule has 0 fully saturated rings. The minimum atomic E-state index is 0.688. The summed E-state index contributed by atoms with van der Waals surface area (Å²) in [6, 6.07) is 8.43. The highest BCUT2D eigenvalue weighted by Crippen LogP contribution is 2.17. The van der Waals surface area contributed by atoms with Crippen molar-refractivity contribution in [3.05, 3.63) is 51.0 Å². The molecule has 0 amide bonds. The topological polar surface area (TPSA) is 34.1 Å². The molecule has 0 atom stereocenters. The highest BCUT2D eigenvalue weighted by atomic mass is 32.1. The summed E-state index contributed by atoms with van der Waals surface area (Å²) < 4.78 is 5.51. The Kier molecular flexibility index (Phi) is 5.71. The van der Waals surface area contributed by atoms with E-state index in [9.17, 15) is 0 Å². The predicted molar refractivity (Wildman–Crippen MR) is 83.9 cm³/mol. The summed E-state index contributed by atoms with van der Waals surface area (Å²) in [5.74, 6) is 0. The van der Waals surface area contributed by atoms with E-state index in [0.717, 1.165) is 30.4 Å². The Morgan fingerprint density at radius 2 is 1.90 bits per heavy atom. The zero-order valence-electron chi connectivity index (χ0n) is 12.4. The molecular weight excluding hydrogens is 268 g/mol. The molecule has 0 spiro atoms. The maximum atomic E-state index is 5.51. The van der Waals surface area contributed by atoms with Crippen molar-refractivity contribution in [2.24, 2.45) is 0 Å². The fourth-order valence-electron chi connectivity index (χ4n) is 2.13. The first kappa shape index (κ1) is 15.2. The van der Waals surface area contributed by atoms with Crippen LogP contribution in [-0.4, -0.2) is 11.6 Å². The van der Waals surface area contributed by atoms with Gasteiger partial charge in [0.15, 0.2) is 0 Å². The summed E-state index contributed by atoms with van der Waals surface area (Å²) in [5.41, 5.74) is 3.71. The van der Waals surface area contributed by atoms with Crippen molar-refractivity contribution in [3.8, 4) is 0 Å². The number of hydrogen-bond acceptors (Lipinski definition) is 4. The minimum absolute atomic E-state index is 0.688. The van der Waals surface area contributed by atoms with E-state index in [1.54, 1.807) is 11.3 Å². The van der Waals surface area contributed by atoms with Gasteiger partial charge in [0.1, 0.15) is 0 Å². The van der Waals surface area contributed by atoms with Gasteiger partial charge in [0.05, 0.1) is 17.3 Å². The largest absolute Gasteiger partial charge is 0.377 e. The molecule has 2 rings (SSSR count). The van der Waals surface area contributed by atoms with Crippen LogP contribution in [0.3, 0.4) is 0 Å². The van der Waals surface area contributed by atoms with E-state index < -0.39 is 0 Å². The molecule has 0 aliphatic rings. The van der Waals surface area contributed by atoms with Gasteiger partial charge in [-0.2, -0.15) is 0 Å². The van der Waals surface area contributed by atoms with Gasteiger partial charge in [-0.1, -0.05) is 24.3 Å². The molecule has 0 saturated heterocycles. The Morgan fingerprint density at radius 3 is 2.55 bits per heavy atom. The van der Waals surface area contributed by atoms with Crippen LogP contribution in [0.25, 0.3) is 0 Å². The molecular formula is C16H22N2OS. The van der Waals surface area contributed by atoms with Gasteiger partial charge in [-0.15, -0.1) is 11.3 Å². The maximum Gasteiger partial charge on any atom is 0.0900 e. The zero-order chi connectivity index (χ0) is 14.4. The number of nitrogens with one attached hydrogen (secondary N) is 1. The Hall–Kier alpha value is -1.23. The van der Waals surface area contributed by atoms with Gasteiger partial charge in [-0.05, 0) is 31.9 Å². The lowest BCUT2D eigenvalue weighted by molar-refractivity contribution is 0.133. The lowest BCUT2D eigenvalue weighted by atomic mass is 10.1. The maximum absolute atomic E-state index is 5.51. The van der Waals surface area contributed by atoms with Crippen LogP contribution in [0, 0.1) is 13.8 Å². The number of hydrogen-bond donors (Lipinski definition) is 1. The highest BCUT2D eigenvalue weighted by molar-refractivity contribution is 7.11. The molecule has 2 aromatic rings. The van der Waals surface area contributed by atoms with Crippen LogP contribution in [0.15, 0.2) is 24.3 Å². The Bertz CT molecular complexity index is 551. The number of aryl methyl sites for hydroxylation is 2. The third-order valence-electron chi connectivity index (χ3n) is 3.18. The number of benzene rings is 1. The van der Waals surface area contributed by atoms with Crippen molar-refractivity contribution >= 4 is 11.3 Å². The first-order valence-electron chi connectivity index (χ1n) is 6.99. The van der Waals surface area contributed by atoms with Crippen LogP contribution in [0.1, 0.15) is 33.6 Å². The third-order valence-corrected chi connectivity index (χ3v) is 4.25. The van der Waals surface area contributed by atoms with Crippen LogP contribution >= 0.6 is 11.3 Å². The highest BCUT2D eigenvalue weighted by Gasteiger charge is 2.05. The van der Waals surface area contributed by atoms with Gasteiger partial charge in [0.25, 0.3) is 0 Å². The van der Waals surface area contributed by atoms with Gasteiger partial charge >= 0.3 is 0 Å². The van der Waals surface area contributed by atoms with Gasteiger partial charge < -0.3 is 10.1 Å². The summed E-state index contributed by atoms with van der Waals surface area (Å²) >= 11 is 1.77. The summed E-state index contributed by atoms with van der Waals surface area (Å²) in [6.45, 7) is 9.33. The van der Waals surface area contributed by atoms with E-state index in [2.05, 4.69) is 48.4 Å². The molecule has 3 nitrogen and oxygen atoms in total. The second kappa shape index (κ2) is 7.53. The molecule has 1 aromatic carbocycles. The van der Waals surface area contributed by atoms with Crippen molar-refractivity contribution < 1.29 is 4.74 Å². The van der Waals surface area contributed by atoms with E-state index in [1.165, 1.54) is 16.0 Å². The van der Waals surface area contributed by atoms with Crippen LogP contribution in [-0.2, 0) is 24.4 Å². The molecule has 0 saturated carbocycles. The molecule has 108 valence electrons. The number of thiazole rings is 1. The predicted octanol–water partition coefficient (Wildman–Crippen LogP) is 3.59. The van der Waals surface area contributed by atoms with Crippen molar-refractivity contribution in [1.82, 2.24) is 10.3 Å². The van der Waals surface area contributed by atoms with Crippen LogP contribution < -0.4 is 5.32 Å². The van der Waals surface area contributed by atoms with E-state index >= 15 is 0 Å². The molecule has 0 unspecified atom stereocenters. The van der Waals surface area contributed by atoms with Gasteiger partial charge in [0.2, 0.25) is 0 Å². The fraction of sp³-hybridized carbons (Fsp3) is 0.438. The average Bonchev–Trinajstić information content (AvgIpc) is 2.76. The first-order chi connectivity index (χ1) is 9.70. The monoisotopic (exact) mass is 290 g/mol. The lowest BCUT2D eigenvalue weighted by Gasteiger charge is -2.10. The Morgan fingerprint density at radius 1 is 1.15 bits per heavy atom. The summed E-state index contributed by atoms with van der Waals surface area (Å²) in [4.78, 5) is 5.78. The fourth-order valence-corrected chi connectivity index (χ4v) is 3.04. The van der Waals surface area contributed by atoms with Gasteiger partial charge in [-0.25, -0.2) is 4.98 Å². The quantitative estimate of drug-likeness (QED) is 0.846. The van der Waals surface area contributed by atoms with Gasteiger partial charge in [0, 0.05) is 24.6 Å². The standard InChI is InChI=1S/C16H22N2OS/c1-4-19-11-15-8-6-5-7-14(15)9-17-10-16-12(2)18-13(3)20-16/h5-8,17H,4,9-11H2,1-3H3. The van der Waals surface area contributed by atoms with Gasteiger partial charge in [-0.3, -0.25) is 0 Å². The third kappa shape index (κ3) is 4.13. The van der Waals surface area contributed by atoms with Crippen LogP contribution in [0.5, 0.6) is 0 Å². The SMILES string of the molecule is CCOCc1ccccc1CNCc1sc(C)nc1C. The van der Waals surface area contributed by atoms with E-state index in [0.29, 0.717) is 6.61 Å². The number of ether oxygens (including phenoxy) is 1. The Balaban J connectivity index is 1.92. The van der Waals surface area contributed by atoms with E-state index in [-0.39, 0.29) is 0 Å². The number of nitrogens with zero attached hydrogens (tertiary/aromatic N) is 1. The van der Waals surface area contributed by atoms with Crippen molar-refractivity contribution in [3.63, 3.8) is 0 Å². The molecule has 1 N–H and O–H groups in total. The van der Waals surface area contributed by atoms with Crippen LogP contribution in [0.2, 0.25) is 0 Å². The number of rotatable bonds is 7. The Labute approximate surface area is 125 Å². The van der Waals surface area contributed by atoms with Crippen molar-refractivity contribution in [2.45, 2.75) is 40.5 Å². The molecule has 0 aliphatic heterocycles. The number of aromatic nitrogens is 1. The van der Waals surface area contributed by atoms with Crippen molar-refractivity contribution in [2.75, 3.05) is 6.61 Å². The summed E-state index contributed by atoms with van der Waals surface area (Å²) in [5, 5.41) is 4.64. The zero-order valence-corrected chi connectivity index (χ0v) is 13.2. The lowest BCUT2D eigenvalue weighted by Crippen LogP contribution is -2.14. The molecule has 20 heavy (non-hydrogen) atoms. The summed E-state index contributed by atoms with van der Waals surface area (Å²) in [6.07, 6.45) is 0. The first-order valence-corrected chi connectivity index (χ1v) is 7.80. The normalized spacial score (nSPS) is 10.9. The second-order valence-electron chi connectivity index (χ2n) is 4.75. The molecule has 1 heterocycles. The minimum Gasteiger partial charge on any atom is -0.377 e. The van der Waals surface area contributed by atoms with E-state index in [1.807, 2.05) is 6.92 Å². The smallest absolute Gasteiger partial charge is 0.0900 e. The van der Waals surface area contributed by atoms with Crippen molar-refractivity contribution in [1.29, 1.82) is 0 Å². The van der Waals surface area contributed by atoms with Crippen LogP contribution in [0.4, 0.5) is 0 Å². The average molecular weight is 290 g/mol. The van der Waals surface area contributed by atoms with E-state index in [4.69, 9.17) is 4.74 Å². The molecule has 0 bridgehead atoms. The molecule has 0 radical (unpaired) electrons. The molecule has 4 heteroatoms. The molecule has 1 aromatic heterocycles. The second-order valence-corrected chi connectivity index (χ2v) is 6.04. The molecule has 0 aliphatic carbocycles.